The molecule has 2 atom stereocenters. The molecule has 1 aromatic rings. The molecule has 0 unspecified atom stereocenters. The molecule has 0 saturated carbocycles. The lowest BCUT2D eigenvalue weighted by atomic mass is 9.83. The van der Waals surface area contributed by atoms with Crippen molar-refractivity contribution in [3.63, 3.8) is 0 Å². The average molecular weight is 305 g/mol. The van der Waals surface area contributed by atoms with Crippen LogP contribution in [0, 0.1) is 0 Å². The summed E-state index contributed by atoms with van der Waals surface area (Å²) in [4.78, 5) is 25.5. The molecule has 1 heterocycles. The van der Waals surface area contributed by atoms with E-state index >= 15 is 0 Å². The third-order valence-electron chi connectivity index (χ3n) is 3.74. The number of nitrogens with zero attached hydrogens (tertiary/aromatic N) is 1. The molecule has 22 heavy (non-hydrogen) atoms. The number of amides is 1. The first-order valence-corrected chi connectivity index (χ1v) is 7.57. The van der Waals surface area contributed by atoms with Crippen LogP contribution in [0.4, 0.5) is 4.79 Å². The molecule has 0 radical (unpaired) electrons. The van der Waals surface area contributed by atoms with E-state index in [-0.39, 0.29) is 5.92 Å². The Hall–Kier alpha value is -2.04. The average Bonchev–Trinajstić information content (AvgIpc) is 2.45. The first-order chi connectivity index (χ1) is 10.3. The van der Waals surface area contributed by atoms with Gasteiger partial charge in [-0.25, -0.2) is 9.59 Å². The van der Waals surface area contributed by atoms with Crippen LogP contribution in [0.1, 0.15) is 45.1 Å². The van der Waals surface area contributed by atoms with E-state index in [1.165, 1.54) is 4.90 Å². The maximum atomic E-state index is 12.3. The number of hydrogen-bond donors (Lipinski definition) is 1. The van der Waals surface area contributed by atoms with Crippen LogP contribution < -0.4 is 0 Å². The quantitative estimate of drug-likeness (QED) is 0.910. The highest BCUT2D eigenvalue weighted by Crippen LogP contribution is 2.33. The van der Waals surface area contributed by atoms with Crippen LogP contribution >= 0.6 is 0 Å². The van der Waals surface area contributed by atoms with E-state index in [4.69, 9.17) is 4.74 Å². The number of carboxylic acid groups (broad SMARTS) is 1. The molecule has 0 aliphatic carbocycles. The summed E-state index contributed by atoms with van der Waals surface area (Å²) in [5.41, 5.74) is 0.308. The molecular weight excluding hydrogens is 282 g/mol. The SMILES string of the molecule is CC(C)(C)OC(=O)N1CCC[C@@H](c2ccccc2)[C@H]1C(=O)O. The predicted octanol–water partition coefficient (Wildman–Crippen LogP) is 3.25. The summed E-state index contributed by atoms with van der Waals surface area (Å²) in [6.07, 6.45) is 0.962. The van der Waals surface area contributed by atoms with Gasteiger partial charge in [-0.1, -0.05) is 30.3 Å². The van der Waals surface area contributed by atoms with Gasteiger partial charge in [0.2, 0.25) is 0 Å². The van der Waals surface area contributed by atoms with E-state index in [0.29, 0.717) is 6.54 Å². The van der Waals surface area contributed by atoms with Crippen molar-refractivity contribution in [2.75, 3.05) is 6.54 Å². The molecule has 120 valence electrons. The number of benzene rings is 1. The normalized spacial score (nSPS) is 22.2. The molecular formula is C17H23NO4. The predicted molar refractivity (Wildman–Crippen MR) is 82.8 cm³/mol. The van der Waals surface area contributed by atoms with Crippen molar-refractivity contribution in [1.29, 1.82) is 0 Å². The second-order valence-corrected chi connectivity index (χ2v) is 6.62. The van der Waals surface area contributed by atoms with Gasteiger partial charge in [0.1, 0.15) is 11.6 Å². The van der Waals surface area contributed by atoms with Crippen molar-refractivity contribution in [2.24, 2.45) is 0 Å². The molecule has 0 spiro atoms. The zero-order chi connectivity index (χ0) is 16.3. The minimum atomic E-state index is -0.987. The van der Waals surface area contributed by atoms with Crippen molar-refractivity contribution in [2.45, 2.75) is 51.2 Å². The minimum absolute atomic E-state index is 0.208. The van der Waals surface area contributed by atoms with Gasteiger partial charge in [0.25, 0.3) is 0 Å². The Bertz CT molecular complexity index is 535. The lowest BCUT2D eigenvalue weighted by Gasteiger charge is -2.39. The standard InChI is InChI=1S/C17H23NO4/c1-17(2,3)22-16(21)18-11-7-10-13(14(18)15(19)20)12-8-5-4-6-9-12/h4-6,8-9,13-14H,7,10-11H2,1-3H3,(H,19,20)/t13-,14-/m0/s1. The second-order valence-electron chi connectivity index (χ2n) is 6.62. The van der Waals surface area contributed by atoms with Crippen LogP contribution in [0.5, 0.6) is 0 Å². The molecule has 0 bridgehead atoms. The number of carbonyl (C=O) groups is 2. The molecule has 0 aromatic heterocycles. The van der Waals surface area contributed by atoms with Crippen molar-refractivity contribution in [3.8, 4) is 0 Å². The Balaban J connectivity index is 2.27. The summed E-state index contributed by atoms with van der Waals surface area (Å²) < 4.78 is 5.37. The summed E-state index contributed by atoms with van der Waals surface area (Å²) >= 11 is 0. The maximum absolute atomic E-state index is 12.3. The fraction of sp³-hybridized carbons (Fsp3) is 0.529. The van der Waals surface area contributed by atoms with E-state index in [0.717, 1.165) is 18.4 Å². The van der Waals surface area contributed by atoms with E-state index in [2.05, 4.69) is 0 Å². The van der Waals surface area contributed by atoms with Crippen molar-refractivity contribution in [1.82, 2.24) is 4.90 Å². The summed E-state index contributed by atoms with van der Waals surface area (Å²) in [5.74, 6) is -1.20. The summed E-state index contributed by atoms with van der Waals surface area (Å²) in [7, 11) is 0. The highest BCUT2D eigenvalue weighted by atomic mass is 16.6. The number of aliphatic carboxylic acids is 1. The number of hydrogen-bond acceptors (Lipinski definition) is 3. The smallest absolute Gasteiger partial charge is 0.411 e. The van der Waals surface area contributed by atoms with E-state index in [1.807, 2.05) is 30.3 Å². The zero-order valence-electron chi connectivity index (χ0n) is 13.3. The van der Waals surface area contributed by atoms with E-state index in [1.54, 1.807) is 20.8 Å². The Labute approximate surface area is 130 Å². The van der Waals surface area contributed by atoms with Crippen molar-refractivity contribution in [3.05, 3.63) is 35.9 Å². The molecule has 1 aliphatic rings. The van der Waals surface area contributed by atoms with Gasteiger partial charge >= 0.3 is 12.1 Å². The number of carbonyl (C=O) groups excluding carboxylic acids is 1. The molecule has 1 saturated heterocycles. The van der Waals surface area contributed by atoms with Gasteiger partial charge in [-0.3, -0.25) is 4.90 Å². The summed E-state index contributed by atoms with van der Waals surface area (Å²) in [5, 5.41) is 9.64. The van der Waals surface area contributed by atoms with Crippen LogP contribution in [0.25, 0.3) is 0 Å². The lowest BCUT2D eigenvalue weighted by Crippen LogP contribution is -2.53. The van der Waals surface area contributed by atoms with Gasteiger partial charge in [-0.15, -0.1) is 0 Å². The third kappa shape index (κ3) is 3.78. The Kier molecular flexibility index (Phi) is 4.74. The summed E-state index contributed by atoms with van der Waals surface area (Å²) in [6.45, 7) is 5.74. The molecule has 1 fully saturated rings. The van der Waals surface area contributed by atoms with E-state index in [9.17, 15) is 14.7 Å². The molecule has 5 heteroatoms. The van der Waals surface area contributed by atoms with Gasteiger partial charge in [-0.2, -0.15) is 0 Å². The molecule has 2 rings (SSSR count). The fourth-order valence-electron chi connectivity index (χ4n) is 2.88. The second kappa shape index (κ2) is 6.38. The highest BCUT2D eigenvalue weighted by molar-refractivity contribution is 5.81. The molecule has 1 N–H and O–H groups in total. The highest BCUT2D eigenvalue weighted by Gasteiger charge is 2.41. The number of likely N-dealkylation sites (tertiary alicyclic amines) is 1. The van der Waals surface area contributed by atoms with Gasteiger partial charge in [0, 0.05) is 12.5 Å². The molecule has 5 nitrogen and oxygen atoms in total. The first-order valence-electron chi connectivity index (χ1n) is 7.57. The maximum Gasteiger partial charge on any atom is 0.411 e. The monoisotopic (exact) mass is 305 g/mol. The van der Waals surface area contributed by atoms with Crippen molar-refractivity contribution >= 4 is 12.1 Å². The number of piperidine rings is 1. The number of carboxylic acids is 1. The molecule has 1 aliphatic heterocycles. The lowest BCUT2D eigenvalue weighted by molar-refractivity contribution is -0.145. The first kappa shape index (κ1) is 16.3. The number of rotatable bonds is 2. The molecule has 1 amide bonds. The fourth-order valence-corrected chi connectivity index (χ4v) is 2.88. The Morgan fingerprint density at radius 2 is 1.86 bits per heavy atom. The van der Waals surface area contributed by atoms with Gasteiger partial charge < -0.3 is 9.84 Å². The largest absolute Gasteiger partial charge is 0.480 e. The third-order valence-corrected chi connectivity index (χ3v) is 3.74. The van der Waals surface area contributed by atoms with Crippen molar-refractivity contribution < 1.29 is 19.4 Å². The molecule has 1 aromatic carbocycles. The zero-order valence-corrected chi connectivity index (χ0v) is 13.3. The Morgan fingerprint density at radius 1 is 1.23 bits per heavy atom. The van der Waals surface area contributed by atoms with Gasteiger partial charge in [0.05, 0.1) is 0 Å². The number of ether oxygens (including phenoxy) is 1. The summed E-state index contributed by atoms with van der Waals surface area (Å²) in [6, 6.07) is 8.62. The van der Waals surface area contributed by atoms with Crippen LogP contribution in [-0.2, 0) is 9.53 Å². The van der Waals surface area contributed by atoms with Crippen LogP contribution in [-0.4, -0.2) is 40.3 Å². The van der Waals surface area contributed by atoms with Gasteiger partial charge in [-0.05, 0) is 39.2 Å². The van der Waals surface area contributed by atoms with Crippen LogP contribution in [0.2, 0.25) is 0 Å². The van der Waals surface area contributed by atoms with E-state index < -0.39 is 23.7 Å². The van der Waals surface area contributed by atoms with Gasteiger partial charge in [0.15, 0.2) is 0 Å². The topological polar surface area (TPSA) is 66.8 Å². The van der Waals surface area contributed by atoms with Crippen LogP contribution in [0.3, 0.4) is 0 Å². The Morgan fingerprint density at radius 3 is 2.41 bits per heavy atom. The minimum Gasteiger partial charge on any atom is -0.480 e. The van der Waals surface area contributed by atoms with Crippen LogP contribution in [0.15, 0.2) is 30.3 Å².